The standard InChI is InChI=1S/C15H23NO.ClH/c1-16(2)11-13-6-3-4-9-15(13)12-7-5-8-14(17)10-12;/h5,7-8,10,13,15,17H,3-4,6,9,11H2,1-2H3;1H/t13-,15-;/m1./s1. The Hall–Kier alpha value is -0.730. The lowest BCUT2D eigenvalue weighted by Gasteiger charge is -2.33. The Balaban J connectivity index is 0.00000162. The highest BCUT2D eigenvalue weighted by molar-refractivity contribution is 5.85. The first-order chi connectivity index (χ1) is 8.16. The van der Waals surface area contributed by atoms with Crippen LogP contribution < -0.4 is 0 Å². The third-order valence-corrected chi connectivity index (χ3v) is 3.81. The number of rotatable bonds is 3. The van der Waals surface area contributed by atoms with E-state index in [0.717, 1.165) is 12.5 Å². The molecule has 1 aliphatic rings. The molecule has 102 valence electrons. The average Bonchev–Trinajstić information content (AvgIpc) is 2.29. The molecule has 2 atom stereocenters. The van der Waals surface area contributed by atoms with Gasteiger partial charge in [0.15, 0.2) is 0 Å². The number of phenols is 1. The third kappa shape index (κ3) is 3.89. The Bertz CT molecular complexity index is 367. The molecule has 0 aliphatic heterocycles. The van der Waals surface area contributed by atoms with Crippen molar-refractivity contribution in [3.8, 4) is 5.75 Å². The summed E-state index contributed by atoms with van der Waals surface area (Å²) in [6, 6.07) is 7.83. The molecule has 0 aromatic heterocycles. The first-order valence-electron chi connectivity index (χ1n) is 6.60. The molecule has 2 nitrogen and oxygen atoms in total. The molecule has 1 saturated carbocycles. The Morgan fingerprint density at radius 3 is 2.61 bits per heavy atom. The summed E-state index contributed by atoms with van der Waals surface area (Å²) in [5, 5.41) is 9.60. The van der Waals surface area contributed by atoms with E-state index in [1.165, 1.54) is 31.2 Å². The van der Waals surface area contributed by atoms with E-state index < -0.39 is 0 Å². The zero-order chi connectivity index (χ0) is 12.3. The maximum Gasteiger partial charge on any atom is 0.115 e. The minimum Gasteiger partial charge on any atom is -0.508 e. The van der Waals surface area contributed by atoms with Gasteiger partial charge >= 0.3 is 0 Å². The van der Waals surface area contributed by atoms with Gasteiger partial charge in [0.25, 0.3) is 0 Å². The monoisotopic (exact) mass is 269 g/mol. The van der Waals surface area contributed by atoms with Crippen LogP contribution in [0.4, 0.5) is 0 Å². The van der Waals surface area contributed by atoms with Crippen LogP contribution >= 0.6 is 12.4 Å². The van der Waals surface area contributed by atoms with Crippen LogP contribution in [0.5, 0.6) is 5.75 Å². The van der Waals surface area contributed by atoms with E-state index in [-0.39, 0.29) is 12.4 Å². The molecule has 0 spiro atoms. The summed E-state index contributed by atoms with van der Waals surface area (Å²) < 4.78 is 0. The summed E-state index contributed by atoms with van der Waals surface area (Å²) in [7, 11) is 4.29. The number of hydrogen-bond acceptors (Lipinski definition) is 2. The predicted molar refractivity (Wildman–Crippen MR) is 78.6 cm³/mol. The van der Waals surface area contributed by atoms with Gasteiger partial charge in [0, 0.05) is 6.54 Å². The van der Waals surface area contributed by atoms with Crippen molar-refractivity contribution in [3.05, 3.63) is 29.8 Å². The lowest BCUT2D eigenvalue weighted by atomic mass is 9.75. The fraction of sp³-hybridized carbons (Fsp3) is 0.600. The predicted octanol–water partition coefficient (Wildman–Crippen LogP) is 3.65. The maximum absolute atomic E-state index is 9.60. The summed E-state index contributed by atoms with van der Waals surface area (Å²) in [5.41, 5.74) is 1.32. The van der Waals surface area contributed by atoms with Gasteiger partial charge < -0.3 is 10.0 Å². The largest absolute Gasteiger partial charge is 0.508 e. The van der Waals surface area contributed by atoms with Gasteiger partial charge in [-0.15, -0.1) is 12.4 Å². The van der Waals surface area contributed by atoms with E-state index in [9.17, 15) is 5.11 Å². The highest BCUT2D eigenvalue weighted by atomic mass is 35.5. The first-order valence-corrected chi connectivity index (χ1v) is 6.60. The number of benzene rings is 1. The molecular weight excluding hydrogens is 246 g/mol. The Kier molecular flexibility index (Phi) is 5.97. The maximum atomic E-state index is 9.60. The quantitative estimate of drug-likeness (QED) is 0.905. The van der Waals surface area contributed by atoms with Crippen LogP contribution in [-0.2, 0) is 0 Å². The number of halogens is 1. The molecule has 1 N–H and O–H groups in total. The first kappa shape index (κ1) is 15.3. The Morgan fingerprint density at radius 1 is 1.22 bits per heavy atom. The normalized spacial score (nSPS) is 23.7. The topological polar surface area (TPSA) is 23.5 Å². The molecule has 1 fully saturated rings. The molecule has 18 heavy (non-hydrogen) atoms. The minimum atomic E-state index is 0. The highest BCUT2D eigenvalue weighted by Crippen LogP contribution is 2.38. The van der Waals surface area contributed by atoms with Gasteiger partial charge in [-0.1, -0.05) is 25.0 Å². The van der Waals surface area contributed by atoms with Crippen LogP contribution in [0.15, 0.2) is 24.3 Å². The van der Waals surface area contributed by atoms with Gasteiger partial charge in [0.1, 0.15) is 5.75 Å². The van der Waals surface area contributed by atoms with Crippen molar-refractivity contribution in [2.45, 2.75) is 31.6 Å². The molecule has 2 rings (SSSR count). The zero-order valence-corrected chi connectivity index (χ0v) is 12.1. The van der Waals surface area contributed by atoms with Crippen LogP contribution in [0.3, 0.4) is 0 Å². The second-order valence-corrected chi connectivity index (χ2v) is 5.51. The smallest absolute Gasteiger partial charge is 0.115 e. The minimum absolute atomic E-state index is 0. The van der Waals surface area contributed by atoms with E-state index in [0.29, 0.717) is 11.7 Å². The van der Waals surface area contributed by atoms with Crippen LogP contribution in [0.2, 0.25) is 0 Å². The molecule has 0 heterocycles. The molecule has 1 aromatic carbocycles. The van der Waals surface area contributed by atoms with Crippen LogP contribution in [-0.4, -0.2) is 30.6 Å². The molecule has 0 bridgehead atoms. The van der Waals surface area contributed by atoms with Crippen LogP contribution in [0, 0.1) is 5.92 Å². The Morgan fingerprint density at radius 2 is 1.94 bits per heavy atom. The fourth-order valence-electron chi connectivity index (χ4n) is 3.09. The Labute approximate surface area is 116 Å². The van der Waals surface area contributed by atoms with E-state index >= 15 is 0 Å². The van der Waals surface area contributed by atoms with E-state index in [1.54, 1.807) is 6.07 Å². The number of hydrogen-bond donors (Lipinski definition) is 1. The summed E-state index contributed by atoms with van der Waals surface area (Å²) in [4.78, 5) is 2.28. The molecular formula is C15H24ClNO. The zero-order valence-electron chi connectivity index (χ0n) is 11.3. The molecule has 0 radical (unpaired) electrons. The van der Waals surface area contributed by atoms with Crippen molar-refractivity contribution in [2.75, 3.05) is 20.6 Å². The molecule has 1 aromatic rings. The van der Waals surface area contributed by atoms with Gasteiger partial charge in [-0.05, 0) is 56.5 Å². The van der Waals surface area contributed by atoms with Crippen molar-refractivity contribution in [1.82, 2.24) is 4.90 Å². The molecule has 3 heteroatoms. The molecule has 0 amide bonds. The van der Waals surface area contributed by atoms with Crippen molar-refractivity contribution < 1.29 is 5.11 Å². The second-order valence-electron chi connectivity index (χ2n) is 5.51. The van der Waals surface area contributed by atoms with E-state index in [1.807, 2.05) is 12.1 Å². The third-order valence-electron chi connectivity index (χ3n) is 3.81. The van der Waals surface area contributed by atoms with E-state index in [4.69, 9.17) is 0 Å². The summed E-state index contributed by atoms with van der Waals surface area (Å²) in [6.45, 7) is 1.15. The molecule has 0 saturated heterocycles. The van der Waals surface area contributed by atoms with Gasteiger partial charge in [0.05, 0.1) is 0 Å². The SMILES string of the molecule is CN(C)C[C@H]1CCCC[C@@H]1c1cccc(O)c1.Cl. The second kappa shape index (κ2) is 7.01. The fourth-order valence-corrected chi connectivity index (χ4v) is 3.09. The van der Waals surface area contributed by atoms with Crippen molar-refractivity contribution in [2.24, 2.45) is 5.92 Å². The lowest BCUT2D eigenvalue weighted by molar-refractivity contribution is 0.233. The number of phenolic OH excluding ortho intramolecular Hbond substituents is 1. The van der Waals surface area contributed by atoms with Crippen molar-refractivity contribution in [3.63, 3.8) is 0 Å². The van der Waals surface area contributed by atoms with Gasteiger partial charge in [-0.25, -0.2) is 0 Å². The summed E-state index contributed by atoms with van der Waals surface area (Å²) in [6.07, 6.45) is 5.26. The van der Waals surface area contributed by atoms with Crippen LogP contribution in [0.1, 0.15) is 37.2 Å². The molecule has 0 unspecified atom stereocenters. The van der Waals surface area contributed by atoms with Crippen LogP contribution in [0.25, 0.3) is 0 Å². The van der Waals surface area contributed by atoms with Gasteiger partial charge in [-0.3, -0.25) is 0 Å². The summed E-state index contributed by atoms with van der Waals surface area (Å²) >= 11 is 0. The van der Waals surface area contributed by atoms with Gasteiger partial charge in [0.2, 0.25) is 0 Å². The van der Waals surface area contributed by atoms with Crippen molar-refractivity contribution >= 4 is 12.4 Å². The number of nitrogens with zero attached hydrogens (tertiary/aromatic N) is 1. The van der Waals surface area contributed by atoms with E-state index in [2.05, 4.69) is 25.1 Å². The molecule has 1 aliphatic carbocycles. The van der Waals surface area contributed by atoms with Gasteiger partial charge in [-0.2, -0.15) is 0 Å². The number of aromatic hydroxyl groups is 1. The summed E-state index contributed by atoms with van der Waals surface area (Å²) in [5.74, 6) is 1.76. The highest BCUT2D eigenvalue weighted by Gasteiger charge is 2.26. The average molecular weight is 270 g/mol. The van der Waals surface area contributed by atoms with Crippen molar-refractivity contribution in [1.29, 1.82) is 0 Å². The lowest BCUT2D eigenvalue weighted by Crippen LogP contribution is -2.28.